The Balaban J connectivity index is 0.00000204. The average molecular weight is 538 g/mol. The molecule has 4 rings (SSSR count). The topological polar surface area (TPSA) is 56.8 Å². The predicted molar refractivity (Wildman–Crippen MR) is 136 cm³/mol. The summed E-state index contributed by atoms with van der Waals surface area (Å²) in [5.74, 6) is -1.84. The maximum atomic E-state index is 13.4. The smallest absolute Gasteiger partial charge is 0.250 e. The van der Waals surface area contributed by atoms with Crippen molar-refractivity contribution in [3.63, 3.8) is 0 Å². The predicted octanol–water partition coefficient (Wildman–Crippen LogP) is 4.54. The molecule has 6 nitrogen and oxygen atoms in total. The van der Waals surface area contributed by atoms with Crippen molar-refractivity contribution in [1.29, 1.82) is 0 Å². The number of anilines is 1. The maximum Gasteiger partial charge on any atom is 0.250 e. The SMILES string of the molecule is CC(C)N1CCN(c2ccc(-c3ccc(S(=O)(=O)N4CCC(F)(F)CC4)cc3)cn2)CC1.Cl.Cl. The molecule has 190 valence electrons. The van der Waals surface area contributed by atoms with E-state index in [1.807, 2.05) is 12.1 Å². The zero-order valence-corrected chi connectivity index (χ0v) is 21.8. The first kappa shape index (κ1) is 28.7. The van der Waals surface area contributed by atoms with Crippen LogP contribution in [0.3, 0.4) is 0 Å². The van der Waals surface area contributed by atoms with Gasteiger partial charge in [0.2, 0.25) is 10.0 Å². The molecule has 0 aliphatic carbocycles. The van der Waals surface area contributed by atoms with Crippen LogP contribution in [0.4, 0.5) is 14.6 Å². The van der Waals surface area contributed by atoms with E-state index in [4.69, 9.17) is 0 Å². The molecule has 0 amide bonds. The number of piperidine rings is 1. The maximum absolute atomic E-state index is 13.4. The summed E-state index contributed by atoms with van der Waals surface area (Å²) in [6.45, 7) is 8.03. The highest BCUT2D eigenvalue weighted by atomic mass is 35.5. The quantitative estimate of drug-likeness (QED) is 0.561. The number of piperazine rings is 1. The Morgan fingerprint density at radius 2 is 1.41 bits per heavy atom. The molecule has 0 spiro atoms. The first-order chi connectivity index (χ1) is 15.2. The number of benzene rings is 1. The van der Waals surface area contributed by atoms with E-state index >= 15 is 0 Å². The van der Waals surface area contributed by atoms with Gasteiger partial charge in [-0.3, -0.25) is 4.90 Å². The van der Waals surface area contributed by atoms with Gasteiger partial charge < -0.3 is 4.90 Å². The minimum absolute atomic E-state index is 0. The van der Waals surface area contributed by atoms with Gasteiger partial charge in [0, 0.05) is 69.9 Å². The van der Waals surface area contributed by atoms with Gasteiger partial charge in [-0.25, -0.2) is 22.2 Å². The van der Waals surface area contributed by atoms with Gasteiger partial charge in [0.25, 0.3) is 5.92 Å². The van der Waals surface area contributed by atoms with E-state index in [0.29, 0.717) is 6.04 Å². The van der Waals surface area contributed by atoms with Gasteiger partial charge in [-0.2, -0.15) is 4.31 Å². The molecule has 34 heavy (non-hydrogen) atoms. The fourth-order valence-electron chi connectivity index (χ4n) is 4.23. The summed E-state index contributed by atoms with van der Waals surface area (Å²) in [7, 11) is -3.77. The molecule has 0 N–H and O–H groups in total. The number of alkyl halides is 2. The van der Waals surface area contributed by atoms with Crippen molar-refractivity contribution in [2.45, 2.75) is 43.5 Å². The van der Waals surface area contributed by atoms with Crippen LogP contribution < -0.4 is 4.90 Å². The second-order valence-electron chi connectivity index (χ2n) is 8.81. The first-order valence-corrected chi connectivity index (χ1v) is 12.5. The molecule has 2 fully saturated rings. The third-order valence-electron chi connectivity index (χ3n) is 6.40. The van der Waals surface area contributed by atoms with Gasteiger partial charge in [0.05, 0.1) is 4.90 Å². The molecule has 2 saturated heterocycles. The van der Waals surface area contributed by atoms with Gasteiger partial charge in [-0.15, -0.1) is 24.8 Å². The van der Waals surface area contributed by atoms with E-state index in [1.54, 1.807) is 18.3 Å². The third-order valence-corrected chi connectivity index (χ3v) is 8.31. The summed E-state index contributed by atoms with van der Waals surface area (Å²) in [5, 5.41) is 0. The second-order valence-corrected chi connectivity index (χ2v) is 10.7. The molecule has 2 aliphatic rings. The molecule has 1 aromatic carbocycles. The molecule has 3 heterocycles. The highest BCUT2D eigenvalue weighted by Gasteiger charge is 2.38. The van der Waals surface area contributed by atoms with E-state index in [0.717, 1.165) is 47.4 Å². The van der Waals surface area contributed by atoms with E-state index in [9.17, 15) is 17.2 Å². The van der Waals surface area contributed by atoms with Crippen LogP contribution in [0.2, 0.25) is 0 Å². The lowest BCUT2D eigenvalue weighted by Crippen LogP contribution is -2.49. The third kappa shape index (κ3) is 6.37. The van der Waals surface area contributed by atoms with Crippen LogP contribution in [0.15, 0.2) is 47.5 Å². The van der Waals surface area contributed by atoms with Crippen LogP contribution in [-0.2, 0) is 10.0 Å². The highest BCUT2D eigenvalue weighted by Crippen LogP contribution is 2.31. The van der Waals surface area contributed by atoms with Crippen LogP contribution in [0.25, 0.3) is 11.1 Å². The van der Waals surface area contributed by atoms with Crippen molar-refractivity contribution >= 4 is 40.7 Å². The largest absolute Gasteiger partial charge is 0.354 e. The molecule has 0 saturated carbocycles. The molecular formula is C23H32Cl2F2N4O2S. The summed E-state index contributed by atoms with van der Waals surface area (Å²) >= 11 is 0. The van der Waals surface area contributed by atoms with Gasteiger partial charge in [-0.1, -0.05) is 12.1 Å². The monoisotopic (exact) mass is 536 g/mol. The number of rotatable bonds is 5. The summed E-state index contributed by atoms with van der Waals surface area (Å²) < 4.78 is 53.5. The number of pyridine rings is 1. The number of hydrogen-bond donors (Lipinski definition) is 0. The molecule has 2 aliphatic heterocycles. The van der Waals surface area contributed by atoms with E-state index in [1.165, 1.54) is 12.1 Å². The van der Waals surface area contributed by atoms with Gasteiger partial charge >= 0.3 is 0 Å². The molecule has 1 aromatic heterocycles. The summed E-state index contributed by atoms with van der Waals surface area (Å²) in [6.07, 6.45) is 0.935. The van der Waals surface area contributed by atoms with Gasteiger partial charge in [-0.05, 0) is 43.7 Å². The number of nitrogens with zero attached hydrogens (tertiary/aromatic N) is 4. The Morgan fingerprint density at radius 3 is 1.91 bits per heavy atom. The Bertz CT molecular complexity index is 1020. The lowest BCUT2D eigenvalue weighted by Gasteiger charge is -2.37. The lowest BCUT2D eigenvalue weighted by atomic mass is 10.1. The molecule has 0 unspecified atom stereocenters. The Hall–Kier alpha value is -1.52. The number of halogens is 4. The van der Waals surface area contributed by atoms with Crippen molar-refractivity contribution in [2.24, 2.45) is 0 Å². The number of sulfonamides is 1. The van der Waals surface area contributed by atoms with Gasteiger partial charge in [0.15, 0.2) is 0 Å². The van der Waals surface area contributed by atoms with Crippen molar-refractivity contribution in [2.75, 3.05) is 44.2 Å². The van der Waals surface area contributed by atoms with Crippen LogP contribution in [-0.4, -0.2) is 73.8 Å². The molecule has 0 radical (unpaired) electrons. The normalized spacial score (nSPS) is 19.4. The van der Waals surface area contributed by atoms with Crippen LogP contribution in [0.1, 0.15) is 26.7 Å². The van der Waals surface area contributed by atoms with Crippen LogP contribution in [0.5, 0.6) is 0 Å². The minimum Gasteiger partial charge on any atom is -0.354 e. The molecule has 11 heteroatoms. The van der Waals surface area contributed by atoms with Gasteiger partial charge in [0.1, 0.15) is 5.82 Å². The second kappa shape index (κ2) is 11.5. The van der Waals surface area contributed by atoms with Crippen molar-refractivity contribution in [3.8, 4) is 11.1 Å². The molecule has 0 bridgehead atoms. The Morgan fingerprint density at radius 1 is 0.853 bits per heavy atom. The van der Waals surface area contributed by atoms with Crippen molar-refractivity contribution in [1.82, 2.24) is 14.2 Å². The fourth-order valence-corrected chi connectivity index (χ4v) is 5.67. The van der Waals surface area contributed by atoms with Crippen LogP contribution >= 0.6 is 24.8 Å². The summed E-state index contributed by atoms with van der Waals surface area (Å²) in [6, 6.07) is 11.1. The number of hydrogen-bond acceptors (Lipinski definition) is 5. The Labute approximate surface area is 213 Å². The van der Waals surface area contributed by atoms with Crippen molar-refractivity contribution in [3.05, 3.63) is 42.6 Å². The molecule has 0 atom stereocenters. The summed E-state index contributed by atoms with van der Waals surface area (Å²) in [5.41, 5.74) is 1.76. The minimum atomic E-state index is -3.77. The number of aromatic nitrogens is 1. The van der Waals surface area contributed by atoms with E-state index < -0.39 is 28.8 Å². The Kier molecular flexibility index (Phi) is 9.69. The zero-order chi connectivity index (χ0) is 22.9. The molecular weight excluding hydrogens is 505 g/mol. The summed E-state index contributed by atoms with van der Waals surface area (Å²) in [4.78, 5) is 9.47. The van der Waals surface area contributed by atoms with Crippen molar-refractivity contribution < 1.29 is 17.2 Å². The average Bonchev–Trinajstić information content (AvgIpc) is 2.79. The fraction of sp³-hybridized carbons (Fsp3) is 0.522. The first-order valence-electron chi connectivity index (χ1n) is 11.1. The van der Waals surface area contributed by atoms with Crippen LogP contribution in [0, 0.1) is 0 Å². The zero-order valence-electron chi connectivity index (χ0n) is 19.4. The van der Waals surface area contributed by atoms with E-state index in [2.05, 4.69) is 28.6 Å². The standard InChI is InChI=1S/C23H30F2N4O2S.2ClH/c1-18(2)27-13-15-28(16-14-27)22-8-5-20(17-26-22)19-3-6-21(7-4-19)32(30,31)29-11-9-23(24,25)10-12-29;;/h3-8,17-18H,9-16H2,1-2H3;2*1H. The lowest BCUT2D eigenvalue weighted by molar-refractivity contribution is -0.0412. The highest BCUT2D eigenvalue weighted by molar-refractivity contribution is 7.89. The van der Waals surface area contributed by atoms with E-state index in [-0.39, 0.29) is 42.8 Å². The molecule has 2 aromatic rings.